The van der Waals surface area contributed by atoms with Crippen molar-refractivity contribution in [3.63, 3.8) is 0 Å². The van der Waals surface area contributed by atoms with Gasteiger partial charge in [0, 0.05) is 0 Å². The number of nitrogens with one attached hydrogen (secondary N) is 1. The number of alkyl halides is 1. The van der Waals surface area contributed by atoms with Crippen molar-refractivity contribution >= 4 is 28.7 Å². The number of hydrogen-bond acceptors (Lipinski definition) is 3. The van der Waals surface area contributed by atoms with Crippen molar-refractivity contribution in [1.29, 1.82) is 0 Å². The number of carbonyl (C=O) groups excluding carboxylic acids is 1. The normalized spacial score (nSPS) is 26.8. The molecule has 1 heterocycles. The predicted molar refractivity (Wildman–Crippen MR) is 57.1 cm³/mol. The number of carbonyl (C=O) groups is 1. The zero-order valence-electron chi connectivity index (χ0n) is 7.16. The van der Waals surface area contributed by atoms with E-state index in [1.54, 1.807) is 0 Å². The first kappa shape index (κ1) is 10.8. The van der Waals surface area contributed by atoms with Gasteiger partial charge in [0.1, 0.15) is 6.61 Å². The maximum atomic E-state index is 11.1. The van der Waals surface area contributed by atoms with Gasteiger partial charge >= 0.3 is 6.09 Å². The number of halogens is 1. The Labute approximate surface area is 90.8 Å². The van der Waals surface area contributed by atoms with Gasteiger partial charge in [-0.05, 0) is 0 Å². The molecule has 1 fully saturated rings. The molecule has 1 amide bonds. The van der Waals surface area contributed by atoms with Gasteiger partial charge in [-0.2, -0.15) is 0 Å². The molecule has 5 heteroatoms. The van der Waals surface area contributed by atoms with Crippen LogP contribution in [0.1, 0.15) is 0 Å². The fourth-order valence-corrected chi connectivity index (χ4v) is 1.63. The largest absolute Gasteiger partial charge is 0.445 e. The number of rotatable bonds is 3. The van der Waals surface area contributed by atoms with E-state index >= 15 is 0 Å². The molecule has 0 aromatic rings. The molecular weight excluding hydrogens is 285 g/mol. The summed E-state index contributed by atoms with van der Waals surface area (Å²) in [6.45, 7) is 4.94. The SMILES string of the molecule is C=CCOC(=O)NC1COCC1I. The Bertz CT molecular complexity index is 198. The average molecular weight is 297 g/mol. The van der Waals surface area contributed by atoms with Crippen molar-refractivity contribution in [2.45, 2.75) is 9.97 Å². The average Bonchev–Trinajstić information content (AvgIpc) is 2.48. The molecule has 2 unspecified atom stereocenters. The van der Waals surface area contributed by atoms with Crippen LogP contribution < -0.4 is 5.32 Å². The van der Waals surface area contributed by atoms with Crippen LogP contribution in [-0.2, 0) is 9.47 Å². The molecule has 1 rings (SSSR count). The summed E-state index contributed by atoms with van der Waals surface area (Å²) in [5.41, 5.74) is 0. The van der Waals surface area contributed by atoms with Crippen LogP contribution in [0.4, 0.5) is 4.79 Å². The van der Waals surface area contributed by atoms with Gasteiger partial charge in [0.05, 0.1) is 23.2 Å². The molecule has 1 aliphatic heterocycles. The topological polar surface area (TPSA) is 47.6 Å². The Balaban J connectivity index is 2.22. The number of ether oxygens (including phenoxy) is 2. The zero-order chi connectivity index (χ0) is 9.68. The first-order chi connectivity index (χ1) is 6.24. The summed E-state index contributed by atoms with van der Waals surface area (Å²) in [7, 11) is 0. The Hall–Kier alpha value is -0.300. The lowest BCUT2D eigenvalue weighted by Crippen LogP contribution is -2.40. The summed E-state index contributed by atoms with van der Waals surface area (Å²) in [6, 6.07) is 0.0675. The smallest absolute Gasteiger partial charge is 0.407 e. The third kappa shape index (κ3) is 3.51. The minimum Gasteiger partial charge on any atom is -0.445 e. The van der Waals surface area contributed by atoms with Crippen LogP contribution in [0.2, 0.25) is 0 Å². The van der Waals surface area contributed by atoms with Gasteiger partial charge in [0.25, 0.3) is 0 Å². The van der Waals surface area contributed by atoms with E-state index in [0.717, 1.165) is 0 Å². The van der Waals surface area contributed by atoms with Crippen molar-refractivity contribution in [2.75, 3.05) is 19.8 Å². The first-order valence-electron chi connectivity index (χ1n) is 4.00. The van der Waals surface area contributed by atoms with Crippen LogP contribution in [0.3, 0.4) is 0 Å². The van der Waals surface area contributed by atoms with Gasteiger partial charge in [-0.25, -0.2) is 4.79 Å². The number of alkyl carbamates (subject to hydrolysis) is 1. The summed E-state index contributed by atoms with van der Waals surface area (Å²) >= 11 is 2.25. The Kier molecular flexibility index (Phi) is 4.51. The van der Waals surface area contributed by atoms with Crippen LogP contribution in [0.5, 0.6) is 0 Å². The summed E-state index contributed by atoms with van der Waals surface area (Å²) in [5, 5.41) is 2.72. The molecule has 4 nitrogen and oxygen atoms in total. The van der Waals surface area contributed by atoms with Crippen LogP contribution in [0, 0.1) is 0 Å². The monoisotopic (exact) mass is 297 g/mol. The maximum absolute atomic E-state index is 11.1. The molecule has 1 saturated heterocycles. The van der Waals surface area contributed by atoms with Crippen molar-refractivity contribution in [3.05, 3.63) is 12.7 Å². The molecule has 0 aromatic heterocycles. The molecule has 1 N–H and O–H groups in total. The minimum absolute atomic E-state index is 0.0675. The quantitative estimate of drug-likeness (QED) is 0.482. The highest BCUT2D eigenvalue weighted by Crippen LogP contribution is 2.14. The molecule has 13 heavy (non-hydrogen) atoms. The fourth-order valence-electron chi connectivity index (χ4n) is 0.988. The summed E-state index contributed by atoms with van der Waals surface area (Å²) in [5.74, 6) is 0. The molecule has 2 atom stereocenters. The highest BCUT2D eigenvalue weighted by atomic mass is 127. The molecule has 0 spiro atoms. The first-order valence-corrected chi connectivity index (χ1v) is 5.24. The van der Waals surface area contributed by atoms with Crippen molar-refractivity contribution in [3.8, 4) is 0 Å². The van der Waals surface area contributed by atoms with Crippen molar-refractivity contribution in [1.82, 2.24) is 5.32 Å². The molecular formula is C8H12INO3. The molecule has 0 saturated carbocycles. The van der Waals surface area contributed by atoms with Crippen molar-refractivity contribution < 1.29 is 14.3 Å². The molecule has 74 valence electrons. The molecule has 0 radical (unpaired) electrons. The third-order valence-corrected chi connectivity index (χ3v) is 2.87. The van der Waals surface area contributed by atoms with Gasteiger partial charge in [-0.1, -0.05) is 35.2 Å². The molecule has 1 aliphatic rings. The summed E-state index contributed by atoms with van der Waals surface area (Å²) < 4.78 is 10.3. The van der Waals surface area contributed by atoms with Crippen LogP contribution in [0.15, 0.2) is 12.7 Å². The molecule has 0 bridgehead atoms. The third-order valence-electron chi connectivity index (χ3n) is 1.65. The lowest BCUT2D eigenvalue weighted by molar-refractivity contribution is 0.149. The second kappa shape index (κ2) is 5.43. The Morgan fingerprint density at radius 1 is 1.77 bits per heavy atom. The zero-order valence-corrected chi connectivity index (χ0v) is 9.32. The van der Waals surface area contributed by atoms with E-state index in [1.807, 2.05) is 0 Å². The Morgan fingerprint density at radius 3 is 3.08 bits per heavy atom. The highest BCUT2D eigenvalue weighted by molar-refractivity contribution is 14.1. The van der Waals surface area contributed by atoms with E-state index in [4.69, 9.17) is 9.47 Å². The van der Waals surface area contributed by atoms with E-state index in [9.17, 15) is 4.79 Å². The second-order valence-corrected chi connectivity index (χ2v) is 4.29. The van der Waals surface area contributed by atoms with Crippen LogP contribution in [0.25, 0.3) is 0 Å². The van der Waals surface area contributed by atoms with Gasteiger partial charge < -0.3 is 14.8 Å². The highest BCUT2D eigenvalue weighted by Gasteiger charge is 2.27. The lowest BCUT2D eigenvalue weighted by atomic mass is 10.3. The van der Waals surface area contributed by atoms with E-state index in [0.29, 0.717) is 17.1 Å². The van der Waals surface area contributed by atoms with Crippen LogP contribution >= 0.6 is 22.6 Å². The fraction of sp³-hybridized carbons (Fsp3) is 0.625. The van der Waals surface area contributed by atoms with E-state index in [1.165, 1.54) is 6.08 Å². The van der Waals surface area contributed by atoms with E-state index in [2.05, 4.69) is 34.5 Å². The lowest BCUT2D eigenvalue weighted by Gasteiger charge is -2.13. The standard InChI is InChI=1S/C8H12INO3/c1-2-3-13-8(11)10-7-5-12-4-6(7)9/h2,6-7H,1,3-5H2,(H,10,11). The predicted octanol–water partition coefficient (Wildman–Crippen LogP) is 1.10. The second-order valence-electron chi connectivity index (χ2n) is 2.69. The maximum Gasteiger partial charge on any atom is 0.407 e. The summed E-state index contributed by atoms with van der Waals surface area (Å²) in [6.07, 6.45) is 1.13. The van der Waals surface area contributed by atoms with Crippen molar-refractivity contribution in [2.24, 2.45) is 0 Å². The van der Waals surface area contributed by atoms with Gasteiger partial charge in [-0.15, -0.1) is 0 Å². The van der Waals surface area contributed by atoms with Gasteiger partial charge in [-0.3, -0.25) is 0 Å². The molecule has 0 aliphatic carbocycles. The van der Waals surface area contributed by atoms with Gasteiger partial charge in [0.15, 0.2) is 0 Å². The number of hydrogen-bond donors (Lipinski definition) is 1. The number of amides is 1. The Morgan fingerprint density at radius 2 is 2.54 bits per heavy atom. The summed E-state index contributed by atoms with van der Waals surface area (Å²) in [4.78, 5) is 11.1. The minimum atomic E-state index is -0.405. The molecule has 0 aromatic carbocycles. The van der Waals surface area contributed by atoms with E-state index in [-0.39, 0.29) is 12.6 Å². The van der Waals surface area contributed by atoms with Crippen LogP contribution in [-0.4, -0.2) is 35.9 Å². The van der Waals surface area contributed by atoms with Gasteiger partial charge in [0.2, 0.25) is 0 Å². The van der Waals surface area contributed by atoms with E-state index < -0.39 is 6.09 Å².